The summed E-state index contributed by atoms with van der Waals surface area (Å²) in [6, 6.07) is 0. The Labute approximate surface area is 103 Å². The summed E-state index contributed by atoms with van der Waals surface area (Å²) < 4.78 is 0. The smallest absolute Gasteiger partial charge is 0.0165 e. The third kappa shape index (κ3) is 12.6. The molecule has 15 heavy (non-hydrogen) atoms. The van der Waals surface area contributed by atoms with E-state index in [1.165, 1.54) is 37.4 Å². The van der Waals surface area contributed by atoms with Gasteiger partial charge in [-0.2, -0.15) is 0 Å². The van der Waals surface area contributed by atoms with Crippen molar-refractivity contribution in [2.45, 2.75) is 26.7 Å². The molecule has 0 aliphatic rings. The summed E-state index contributed by atoms with van der Waals surface area (Å²) in [5, 5.41) is 3.41. The van der Waals surface area contributed by atoms with E-state index in [0.29, 0.717) is 0 Å². The van der Waals surface area contributed by atoms with Crippen LogP contribution in [-0.2, 0) is 0 Å². The third-order valence-electron chi connectivity index (χ3n) is 2.03. The van der Waals surface area contributed by atoms with Gasteiger partial charge in [0.25, 0.3) is 0 Å². The lowest BCUT2D eigenvalue weighted by molar-refractivity contribution is 0.356. The summed E-state index contributed by atoms with van der Waals surface area (Å²) >= 11 is 0. The summed E-state index contributed by atoms with van der Waals surface area (Å²) in [5.41, 5.74) is 0. The van der Waals surface area contributed by atoms with E-state index in [4.69, 9.17) is 0 Å². The first-order valence-electron chi connectivity index (χ1n) is 5.95. The van der Waals surface area contributed by atoms with Gasteiger partial charge in [0.1, 0.15) is 0 Å². The molecule has 0 aromatic rings. The van der Waals surface area contributed by atoms with Gasteiger partial charge < -0.3 is 10.2 Å². The summed E-state index contributed by atoms with van der Waals surface area (Å²) in [5.74, 6) is 2.47. The third-order valence-corrected chi connectivity index (χ3v) is 4.42. The molecule has 0 atom stereocenters. The zero-order valence-electron chi connectivity index (χ0n) is 10.4. The Morgan fingerprint density at radius 1 is 0.933 bits per heavy atom. The molecule has 0 heterocycles. The number of hydrogen-bond donors (Lipinski definition) is 1. The van der Waals surface area contributed by atoms with E-state index in [1.807, 2.05) is 21.6 Å². The zero-order valence-corrected chi connectivity index (χ0v) is 12.1. The maximum Gasteiger partial charge on any atom is 0.0165 e. The largest absolute Gasteiger partial charge is 0.316 e. The van der Waals surface area contributed by atoms with Crippen LogP contribution in [-0.4, -0.2) is 49.6 Å². The van der Waals surface area contributed by atoms with Crippen LogP contribution in [0.4, 0.5) is 0 Å². The molecule has 0 saturated carbocycles. The SMILES string of the molecule is CCCNCCSSCCN(C)CCC. The van der Waals surface area contributed by atoms with Crippen LogP contribution in [0.5, 0.6) is 0 Å². The molecular weight excluding hydrogens is 224 g/mol. The summed E-state index contributed by atoms with van der Waals surface area (Å²) in [6.45, 7) is 9.19. The highest BCUT2D eigenvalue weighted by atomic mass is 33.1. The normalized spacial score (nSPS) is 11.2. The van der Waals surface area contributed by atoms with Crippen molar-refractivity contribution in [2.24, 2.45) is 0 Å². The molecule has 0 saturated heterocycles. The molecule has 0 bridgehead atoms. The average Bonchev–Trinajstić information content (AvgIpc) is 2.22. The molecular formula is C11H26N2S2. The van der Waals surface area contributed by atoms with Crippen LogP contribution >= 0.6 is 21.6 Å². The van der Waals surface area contributed by atoms with Gasteiger partial charge in [-0.05, 0) is 33.0 Å². The van der Waals surface area contributed by atoms with E-state index in [0.717, 1.165) is 13.1 Å². The Hall–Kier alpha value is 0.620. The molecule has 0 fully saturated rings. The maximum atomic E-state index is 3.41. The standard InChI is InChI=1S/C11H26N2S2/c1-4-6-12-7-10-14-15-11-9-13(3)8-5-2/h12H,4-11H2,1-3H3. The number of rotatable bonds is 11. The Morgan fingerprint density at radius 2 is 1.67 bits per heavy atom. The van der Waals surface area contributed by atoms with Crippen molar-refractivity contribution >= 4 is 21.6 Å². The van der Waals surface area contributed by atoms with Crippen LogP contribution in [0.2, 0.25) is 0 Å². The van der Waals surface area contributed by atoms with Crippen LogP contribution in [0.3, 0.4) is 0 Å². The molecule has 0 radical (unpaired) electrons. The van der Waals surface area contributed by atoms with Crippen LogP contribution < -0.4 is 5.32 Å². The van der Waals surface area contributed by atoms with Gasteiger partial charge in [0.15, 0.2) is 0 Å². The first-order chi connectivity index (χ1) is 7.31. The van der Waals surface area contributed by atoms with Crippen molar-refractivity contribution in [3.63, 3.8) is 0 Å². The van der Waals surface area contributed by atoms with Gasteiger partial charge in [0.05, 0.1) is 0 Å². The number of hydrogen-bond acceptors (Lipinski definition) is 4. The van der Waals surface area contributed by atoms with Gasteiger partial charge in [-0.3, -0.25) is 0 Å². The lowest BCUT2D eigenvalue weighted by Gasteiger charge is -2.14. The van der Waals surface area contributed by atoms with Gasteiger partial charge >= 0.3 is 0 Å². The fraction of sp³-hybridized carbons (Fsp3) is 1.00. The van der Waals surface area contributed by atoms with Crippen molar-refractivity contribution in [3.8, 4) is 0 Å². The molecule has 2 nitrogen and oxygen atoms in total. The quantitative estimate of drug-likeness (QED) is 0.448. The second kappa shape index (κ2) is 12.7. The van der Waals surface area contributed by atoms with Gasteiger partial charge in [0, 0.05) is 24.6 Å². The van der Waals surface area contributed by atoms with Gasteiger partial charge in [-0.25, -0.2) is 0 Å². The van der Waals surface area contributed by atoms with Crippen molar-refractivity contribution in [3.05, 3.63) is 0 Å². The van der Waals surface area contributed by atoms with E-state index in [1.54, 1.807) is 0 Å². The molecule has 4 heteroatoms. The highest BCUT2D eigenvalue weighted by Crippen LogP contribution is 2.19. The first-order valence-corrected chi connectivity index (χ1v) is 8.43. The van der Waals surface area contributed by atoms with Crippen LogP contribution in [0.1, 0.15) is 26.7 Å². The Morgan fingerprint density at radius 3 is 2.33 bits per heavy atom. The first kappa shape index (κ1) is 15.6. The molecule has 0 spiro atoms. The lowest BCUT2D eigenvalue weighted by atomic mass is 10.4. The summed E-state index contributed by atoms with van der Waals surface area (Å²) in [7, 11) is 6.20. The number of nitrogens with one attached hydrogen (secondary N) is 1. The highest BCUT2D eigenvalue weighted by Gasteiger charge is 1.96. The molecule has 0 aromatic carbocycles. The average molecular weight is 250 g/mol. The fourth-order valence-electron chi connectivity index (χ4n) is 1.22. The van der Waals surface area contributed by atoms with E-state index < -0.39 is 0 Å². The predicted molar refractivity (Wildman–Crippen MR) is 75.9 cm³/mol. The molecule has 0 aliphatic heterocycles. The second-order valence-electron chi connectivity index (χ2n) is 3.70. The molecule has 0 rings (SSSR count). The maximum absolute atomic E-state index is 3.41. The monoisotopic (exact) mass is 250 g/mol. The second-order valence-corrected chi connectivity index (χ2v) is 6.40. The lowest BCUT2D eigenvalue weighted by Crippen LogP contribution is -2.21. The van der Waals surface area contributed by atoms with E-state index in [9.17, 15) is 0 Å². The van der Waals surface area contributed by atoms with Crippen LogP contribution in [0.25, 0.3) is 0 Å². The summed E-state index contributed by atoms with van der Waals surface area (Å²) in [4.78, 5) is 2.41. The molecule has 0 aliphatic carbocycles. The van der Waals surface area contributed by atoms with Crippen LogP contribution in [0.15, 0.2) is 0 Å². The minimum absolute atomic E-state index is 1.15. The molecule has 0 unspecified atom stereocenters. The minimum atomic E-state index is 1.15. The van der Waals surface area contributed by atoms with Crippen molar-refractivity contribution in [1.29, 1.82) is 0 Å². The fourth-order valence-corrected chi connectivity index (χ4v) is 3.25. The molecule has 0 amide bonds. The summed E-state index contributed by atoms with van der Waals surface area (Å²) in [6.07, 6.45) is 2.49. The number of nitrogens with zero attached hydrogens (tertiary/aromatic N) is 1. The Kier molecular flexibility index (Phi) is 13.2. The zero-order chi connectivity index (χ0) is 11.4. The van der Waals surface area contributed by atoms with E-state index in [2.05, 4.69) is 31.1 Å². The van der Waals surface area contributed by atoms with E-state index in [-0.39, 0.29) is 0 Å². The van der Waals surface area contributed by atoms with Gasteiger partial charge in [-0.1, -0.05) is 35.4 Å². The topological polar surface area (TPSA) is 15.3 Å². The van der Waals surface area contributed by atoms with Crippen LogP contribution in [0, 0.1) is 0 Å². The van der Waals surface area contributed by atoms with Crippen molar-refractivity contribution < 1.29 is 0 Å². The minimum Gasteiger partial charge on any atom is -0.316 e. The van der Waals surface area contributed by atoms with E-state index >= 15 is 0 Å². The highest BCUT2D eigenvalue weighted by molar-refractivity contribution is 8.76. The van der Waals surface area contributed by atoms with Crippen molar-refractivity contribution in [1.82, 2.24) is 10.2 Å². The van der Waals surface area contributed by atoms with Crippen molar-refractivity contribution in [2.75, 3.05) is 44.7 Å². The van der Waals surface area contributed by atoms with Gasteiger partial charge in [-0.15, -0.1) is 0 Å². The molecule has 1 N–H and O–H groups in total. The molecule has 92 valence electrons. The predicted octanol–water partition coefficient (Wildman–Crippen LogP) is 2.71. The Balaban J connectivity index is 2.98. The Bertz CT molecular complexity index is 123. The molecule has 0 aromatic heterocycles. The van der Waals surface area contributed by atoms with Gasteiger partial charge in [0.2, 0.25) is 0 Å².